The molecule has 0 unspecified atom stereocenters. The zero-order chi connectivity index (χ0) is 19.9. The Morgan fingerprint density at radius 3 is 2.45 bits per heavy atom. The summed E-state index contributed by atoms with van der Waals surface area (Å²) in [5.41, 5.74) is 3.99. The molecule has 1 aliphatic heterocycles. The number of hydrogen-bond donors (Lipinski definition) is 1. The van der Waals surface area contributed by atoms with Gasteiger partial charge in [0.25, 0.3) is 0 Å². The lowest BCUT2D eigenvalue weighted by Crippen LogP contribution is -2.37. The van der Waals surface area contributed by atoms with E-state index in [1.807, 2.05) is 30.3 Å². The van der Waals surface area contributed by atoms with Crippen molar-refractivity contribution in [3.8, 4) is 22.6 Å². The molecule has 0 radical (unpaired) electrons. The van der Waals surface area contributed by atoms with E-state index >= 15 is 0 Å². The second-order valence-corrected chi connectivity index (χ2v) is 7.30. The summed E-state index contributed by atoms with van der Waals surface area (Å²) in [6.45, 7) is 7.67. The van der Waals surface area contributed by atoms with E-state index in [1.54, 1.807) is 0 Å². The van der Waals surface area contributed by atoms with E-state index < -0.39 is 0 Å². The second-order valence-electron chi connectivity index (χ2n) is 7.30. The molecular formula is C23H27N5O. The fraction of sp³-hybridized carbons (Fsp3) is 0.348. The van der Waals surface area contributed by atoms with Gasteiger partial charge in [-0.15, -0.1) is 10.2 Å². The van der Waals surface area contributed by atoms with Crippen LogP contribution in [0.25, 0.3) is 22.6 Å². The predicted molar refractivity (Wildman–Crippen MR) is 116 cm³/mol. The molecule has 0 atom stereocenters. The van der Waals surface area contributed by atoms with Gasteiger partial charge in [0.1, 0.15) is 5.69 Å². The third kappa shape index (κ3) is 5.16. The Hall–Kier alpha value is -2.83. The van der Waals surface area contributed by atoms with Crippen LogP contribution in [0.5, 0.6) is 0 Å². The lowest BCUT2D eigenvalue weighted by Gasteiger charge is -2.26. The zero-order valence-corrected chi connectivity index (χ0v) is 16.8. The second kappa shape index (κ2) is 9.58. The molecule has 1 N–H and O–H groups in total. The summed E-state index contributed by atoms with van der Waals surface area (Å²) in [5.74, 6) is 1.42. The molecule has 6 heteroatoms. The molecule has 1 aliphatic rings. The van der Waals surface area contributed by atoms with Gasteiger partial charge in [-0.25, -0.2) is 4.98 Å². The molecule has 0 spiro atoms. The molecule has 0 aliphatic carbocycles. The molecular weight excluding hydrogens is 362 g/mol. The largest absolute Gasteiger partial charge is 0.379 e. The Morgan fingerprint density at radius 2 is 1.69 bits per heavy atom. The van der Waals surface area contributed by atoms with Gasteiger partial charge in [0.15, 0.2) is 11.6 Å². The summed E-state index contributed by atoms with van der Waals surface area (Å²) in [5, 5.41) is 12.4. The maximum absolute atomic E-state index is 5.42. The van der Waals surface area contributed by atoms with E-state index in [1.165, 1.54) is 5.56 Å². The molecule has 4 rings (SSSR count). The maximum atomic E-state index is 5.42. The maximum Gasteiger partial charge on any atom is 0.183 e. The smallest absolute Gasteiger partial charge is 0.183 e. The van der Waals surface area contributed by atoms with Crippen LogP contribution < -0.4 is 5.32 Å². The molecule has 150 valence electrons. The first-order valence-corrected chi connectivity index (χ1v) is 10.2. The van der Waals surface area contributed by atoms with Gasteiger partial charge in [0, 0.05) is 30.8 Å². The third-order valence-electron chi connectivity index (χ3n) is 5.09. The minimum atomic E-state index is 0.636. The Morgan fingerprint density at radius 1 is 0.931 bits per heavy atom. The number of ether oxygens (including phenoxy) is 1. The van der Waals surface area contributed by atoms with Gasteiger partial charge in [0.2, 0.25) is 0 Å². The van der Waals surface area contributed by atoms with E-state index in [9.17, 15) is 0 Å². The van der Waals surface area contributed by atoms with Crippen molar-refractivity contribution in [3.63, 3.8) is 0 Å². The molecule has 2 heterocycles. The minimum absolute atomic E-state index is 0.636. The van der Waals surface area contributed by atoms with E-state index in [-0.39, 0.29) is 0 Å². The van der Waals surface area contributed by atoms with Crippen LogP contribution in [0.3, 0.4) is 0 Å². The number of benzene rings is 2. The zero-order valence-electron chi connectivity index (χ0n) is 16.8. The van der Waals surface area contributed by atoms with Gasteiger partial charge in [-0.2, -0.15) is 0 Å². The molecule has 1 aromatic heterocycles. The highest BCUT2D eigenvalue weighted by molar-refractivity contribution is 5.72. The lowest BCUT2D eigenvalue weighted by molar-refractivity contribution is 0.0378. The quantitative estimate of drug-likeness (QED) is 0.623. The first-order chi connectivity index (χ1) is 14.3. The van der Waals surface area contributed by atoms with Crippen LogP contribution >= 0.6 is 0 Å². The van der Waals surface area contributed by atoms with Crippen LogP contribution in [0.15, 0.2) is 54.6 Å². The van der Waals surface area contributed by atoms with Crippen LogP contribution in [-0.4, -0.2) is 59.5 Å². The Balaban J connectivity index is 1.52. The summed E-state index contributed by atoms with van der Waals surface area (Å²) < 4.78 is 5.42. The highest BCUT2D eigenvalue weighted by Crippen LogP contribution is 2.26. The number of nitrogens with zero attached hydrogens (tertiary/aromatic N) is 4. The molecule has 1 saturated heterocycles. The topological polar surface area (TPSA) is 63.2 Å². The van der Waals surface area contributed by atoms with E-state index in [0.29, 0.717) is 5.82 Å². The van der Waals surface area contributed by atoms with Gasteiger partial charge in [-0.05, 0) is 19.9 Å². The number of hydrogen-bond acceptors (Lipinski definition) is 6. The van der Waals surface area contributed by atoms with E-state index in [2.05, 4.69) is 51.6 Å². The molecule has 3 aromatic rings. The predicted octanol–water partition coefficient (Wildman–Crippen LogP) is 3.65. The molecule has 2 aromatic carbocycles. The summed E-state index contributed by atoms with van der Waals surface area (Å²) in [7, 11) is 0. The summed E-state index contributed by atoms with van der Waals surface area (Å²) in [6, 6.07) is 18.3. The van der Waals surface area contributed by atoms with Gasteiger partial charge in [-0.3, -0.25) is 4.90 Å². The van der Waals surface area contributed by atoms with Crippen molar-refractivity contribution in [1.29, 1.82) is 0 Å². The molecule has 0 amide bonds. The van der Waals surface area contributed by atoms with Gasteiger partial charge >= 0.3 is 0 Å². The fourth-order valence-electron chi connectivity index (χ4n) is 3.40. The highest BCUT2D eigenvalue weighted by Gasteiger charge is 2.13. The summed E-state index contributed by atoms with van der Waals surface area (Å²) >= 11 is 0. The number of rotatable bonds is 7. The van der Waals surface area contributed by atoms with Crippen molar-refractivity contribution in [1.82, 2.24) is 20.1 Å². The average Bonchev–Trinajstić information content (AvgIpc) is 2.79. The number of aryl methyl sites for hydroxylation is 1. The van der Waals surface area contributed by atoms with Crippen LogP contribution in [0.4, 0.5) is 5.82 Å². The minimum Gasteiger partial charge on any atom is -0.379 e. The van der Waals surface area contributed by atoms with Gasteiger partial charge in [-0.1, -0.05) is 60.2 Å². The van der Waals surface area contributed by atoms with E-state index in [4.69, 9.17) is 9.72 Å². The van der Waals surface area contributed by atoms with Gasteiger partial charge in [0.05, 0.1) is 13.2 Å². The van der Waals surface area contributed by atoms with Crippen LogP contribution in [0.2, 0.25) is 0 Å². The first kappa shape index (κ1) is 19.5. The third-order valence-corrected chi connectivity index (χ3v) is 5.09. The van der Waals surface area contributed by atoms with E-state index in [0.717, 1.165) is 68.5 Å². The SMILES string of the molecule is Cc1ccc(-c2nnc(-c3ccccc3)nc2NCCCN2CCOCC2)cc1. The lowest BCUT2D eigenvalue weighted by atomic mass is 10.1. The van der Waals surface area contributed by atoms with Crippen molar-refractivity contribution in [2.75, 3.05) is 44.7 Å². The monoisotopic (exact) mass is 389 g/mol. The van der Waals surface area contributed by atoms with Crippen LogP contribution in [-0.2, 0) is 4.74 Å². The molecule has 0 saturated carbocycles. The average molecular weight is 390 g/mol. The fourth-order valence-corrected chi connectivity index (χ4v) is 3.40. The first-order valence-electron chi connectivity index (χ1n) is 10.2. The molecule has 29 heavy (non-hydrogen) atoms. The van der Waals surface area contributed by atoms with Gasteiger partial charge < -0.3 is 10.1 Å². The molecule has 6 nitrogen and oxygen atoms in total. The molecule has 0 bridgehead atoms. The number of anilines is 1. The van der Waals surface area contributed by atoms with Crippen LogP contribution in [0.1, 0.15) is 12.0 Å². The highest BCUT2D eigenvalue weighted by atomic mass is 16.5. The van der Waals surface area contributed by atoms with Crippen molar-refractivity contribution >= 4 is 5.82 Å². The Labute approximate surface area is 172 Å². The molecule has 1 fully saturated rings. The van der Waals surface area contributed by atoms with Crippen molar-refractivity contribution in [3.05, 3.63) is 60.2 Å². The number of aromatic nitrogens is 3. The standard InChI is InChI=1S/C23H27N5O/c1-18-8-10-19(11-9-18)21-23(24-12-5-13-28-14-16-29-17-15-28)25-22(27-26-21)20-6-3-2-4-7-20/h2-4,6-11H,5,12-17H2,1H3,(H,24,25,27). The van der Waals surface area contributed by atoms with Crippen molar-refractivity contribution in [2.45, 2.75) is 13.3 Å². The van der Waals surface area contributed by atoms with Crippen molar-refractivity contribution < 1.29 is 4.74 Å². The van der Waals surface area contributed by atoms with Crippen molar-refractivity contribution in [2.24, 2.45) is 0 Å². The number of morpholine rings is 1. The number of nitrogens with one attached hydrogen (secondary N) is 1. The normalized spacial score (nSPS) is 14.7. The van der Waals surface area contributed by atoms with Crippen LogP contribution in [0, 0.1) is 6.92 Å². The summed E-state index contributed by atoms with van der Waals surface area (Å²) in [4.78, 5) is 7.25. The Kier molecular flexibility index (Phi) is 6.44. The summed E-state index contributed by atoms with van der Waals surface area (Å²) in [6.07, 6.45) is 1.04. The Bertz CT molecular complexity index is 908.